The van der Waals surface area contributed by atoms with E-state index in [1.165, 1.54) is 45.2 Å². The second-order valence-electron chi connectivity index (χ2n) is 4.29. The number of nitrogens with one attached hydrogen (secondary N) is 1. The van der Waals surface area contributed by atoms with Crippen LogP contribution in [0.5, 0.6) is 0 Å². The van der Waals surface area contributed by atoms with E-state index in [-0.39, 0.29) is 0 Å². The molecule has 2 atom stereocenters. The number of hydrogen-bond donors (Lipinski definition) is 1. The van der Waals surface area contributed by atoms with Gasteiger partial charge in [0.2, 0.25) is 0 Å². The minimum absolute atomic E-state index is 0.720. The molecule has 1 aliphatic heterocycles. The van der Waals surface area contributed by atoms with E-state index < -0.39 is 0 Å². The van der Waals surface area contributed by atoms with Crippen molar-refractivity contribution in [3.8, 4) is 0 Å². The molecule has 1 N–H and O–H groups in total. The van der Waals surface area contributed by atoms with Gasteiger partial charge in [0.1, 0.15) is 0 Å². The van der Waals surface area contributed by atoms with Gasteiger partial charge in [-0.15, -0.1) is 0 Å². The molecule has 1 heteroatoms. The molecular formula is C10H19N. The highest BCUT2D eigenvalue weighted by molar-refractivity contribution is 4.96. The smallest absolute Gasteiger partial charge is 0.00110 e. The Hall–Kier alpha value is -0.0400. The molecule has 0 aromatic carbocycles. The Labute approximate surface area is 69.6 Å². The Morgan fingerprint density at radius 2 is 2.36 bits per heavy atom. The highest BCUT2D eigenvalue weighted by Gasteiger charge is 2.42. The Morgan fingerprint density at radius 1 is 1.45 bits per heavy atom. The molecule has 64 valence electrons. The van der Waals surface area contributed by atoms with E-state index in [0.717, 1.165) is 11.3 Å². The van der Waals surface area contributed by atoms with Crippen molar-refractivity contribution in [3.63, 3.8) is 0 Å². The lowest BCUT2D eigenvalue weighted by molar-refractivity contribution is 0.144. The molecule has 0 radical (unpaired) electrons. The van der Waals surface area contributed by atoms with Crippen LogP contribution in [0.1, 0.15) is 39.0 Å². The molecule has 2 unspecified atom stereocenters. The largest absolute Gasteiger partial charge is 0.316 e. The summed E-state index contributed by atoms with van der Waals surface area (Å²) in [7, 11) is 0. The molecule has 1 nitrogen and oxygen atoms in total. The normalized spacial score (nSPS) is 43.9. The first-order valence-electron chi connectivity index (χ1n) is 5.08. The first kappa shape index (κ1) is 7.60. The Balaban J connectivity index is 2.12. The van der Waals surface area contributed by atoms with E-state index >= 15 is 0 Å². The van der Waals surface area contributed by atoms with Crippen molar-refractivity contribution in [1.29, 1.82) is 0 Å². The summed E-state index contributed by atoms with van der Waals surface area (Å²) in [4.78, 5) is 0. The third-order valence-corrected chi connectivity index (χ3v) is 3.92. The average Bonchev–Trinajstić information content (AvgIpc) is 2.48. The van der Waals surface area contributed by atoms with Crippen LogP contribution in [-0.4, -0.2) is 13.1 Å². The quantitative estimate of drug-likeness (QED) is 0.609. The van der Waals surface area contributed by atoms with Crippen LogP contribution in [-0.2, 0) is 0 Å². The van der Waals surface area contributed by atoms with Crippen LogP contribution in [0, 0.1) is 11.3 Å². The highest BCUT2D eigenvalue weighted by atomic mass is 14.9. The van der Waals surface area contributed by atoms with E-state index in [9.17, 15) is 0 Å². The zero-order valence-electron chi connectivity index (χ0n) is 7.53. The predicted octanol–water partition coefficient (Wildman–Crippen LogP) is 2.18. The van der Waals surface area contributed by atoms with Crippen LogP contribution in [0.2, 0.25) is 0 Å². The Bertz CT molecular complexity index is 144. The monoisotopic (exact) mass is 153 g/mol. The molecule has 0 amide bonds. The summed E-state index contributed by atoms with van der Waals surface area (Å²) >= 11 is 0. The summed E-state index contributed by atoms with van der Waals surface area (Å²) in [6, 6.07) is 0. The van der Waals surface area contributed by atoms with Crippen LogP contribution in [0.15, 0.2) is 0 Å². The minimum atomic E-state index is 0.720. The second kappa shape index (κ2) is 2.78. The third kappa shape index (κ3) is 1.10. The van der Waals surface area contributed by atoms with Crippen molar-refractivity contribution < 1.29 is 0 Å². The summed E-state index contributed by atoms with van der Waals surface area (Å²) in [5, 5.41) is 3.56. The van der Waals surface area contributed by atoms with Gasteiger partial charge in [-0.05, 0) is 37.1 Å². The van der Waals surface area contributed by atoms with Crippen molar-refractivity contribution in [2.45, 2.75) is 39.0 Å². The van der Waals surface area contributed by atoms with Gasteiger partial charge in [-0.3, -0.25) is 0 Å². The standard InChI is InChI=1S/C10H19N/c1-2-10-6-4-3-5-9(10)7-11-8-10/h9,11H,2-8H2,1H3. The molecule has 2 aliphatic rings. The zero-order valence-corrected chi connectivity index (χ0v) is 7.53. The molecule has 0 bridgehead atoms. The van der Waals surface area contributed by atoms with Gasteiger partial charge >= 0.3 is 0 Å². The van der Waals surface area contributed by atoms with Crippen molar-refractivity contribution in [2.24, 2.45) is 11.3 Å². The molecule has 1 saturated heterocycles. The average molecular weight is 153 g/mol. The molecule has 0 aromatic heterocycles. The molecule has 2 fully saturated rings. The summed E-state index contributed by atoms with van der Waals surface area (Å²) in [6.45, 7) is 4.97. The highest BCUT2D eigenvalue weighted by Crippen LogP contribution is 2.45. The van der Waals surface area contributed by atoms with Gasteiger partial charge in [-0.1, -0.05) is 19.8 Å². The zero-order chi connectivity index (χ0) is 7.73. The van der Waals surface area contributed by atoms with Crippen LogP contribution in [0.4, 0.5) is 0 Å². The second-order valence-corrected chi connectivity index (χ2v) is 4.29. The fourth-order valence-electron chi connectivity index (χ4n) is 3.02. The Kier molecular flexibility index (Phi) is 1.92. The van der Waals surface area contributed by atoms with E-state index in [4.69, 9.17) is 0 Å². The van der Waals surface area contributed by atoms with Gasteiger partial charge in [-0.25, -0.2) is 0 Å². The van der Waals surface area contributed by atoms with Gasteiger partial charge < -0.3 is 5.32 Å². The van der Waals surface area contributed by atoms with Gasteiger partial charge in [0.05, 0.1) is 0 Å². The molecule has 11 heavy (non-hydrogen) atoms. The van der Waals surface area contributed by atoms with Crippen LogP contribution in [0.3, 0.4) is 0 Å². The maximum Gasteiger partial charge on any atom is 0.00110 e. The number of fused-ring (bicyclic) bond motifs is 1. The topological polar surface area (TPSA) is 12.0 Å². The van der Waals surface area contributed by atoms with E-state index in [1.54, 1.807) is 0 Å². The van der Waals surface area contributed by atoms with E-state index in [2.05, 4.69) is 12.2 Å². The van der Waals surface area contributed by atoms with Gasteiger partial charge in [0.15, 0.2) is 0 Å². The van der Waals surface area contributed by atoms with Crippen LogP contribution >= 0.6 is 0 Å². The minimum Gasteiger partial charge on any atom is -0.316 e. The SMILES string of the molecule is CCC12CCCCC1CNC2. The lowest BCUT2D eigenvalue weighted by Gasteiger charge is -2.37. The number of rotatable bonds is 1. The predicted molar refractivity (Wildman–Crippen MR) is 47.6 cm³/mol. The first-order chi connectivity index (χ1) is 5.37. The summed E-state index contributed by atoms with van der Waals surface area (Å²) in [5.74, 6) is 1.02. The molecular weight excluding hydrogens is 134 g/mol. The maximum absolute atomic E-state index is 3.56. The fraction of sp³-hybridized carbons (Fsp3) is 1.00. The van der Waals surface area contributed by atoms with Gasteiger partial charge in [0.25, 0.3) is 0 Å². The molecule has 0 aromatic rings. The van der Waals surface area contributed by atoms with Crippen molar-refractivity contribution in [3.05, 3.63) is 0 Å². The third-order valence-electron chi connectivity index (χ3n) is 3.92. The lowest BCUT2D eigenvalue weighted by Crippen LogP contribution is -2.32. The fourth-order valence-corrected chi connectivity index (χ4v) is 3.02. The van der Waals surface area contributed by atoms with Crippen molar-refractivity contribution in [2.75, 3.05) is 13.1 Å². The van der Waals surface area contributed by atoms with Crippen molar-refractivity contribution in [1.82, 2.24) is 5.32 Å². The summed E-state index contributed by atoms with van der Waals surface area (Å²) in [6.07, 6.45) is 7.33. The van der Waals surface area contributed by atoms with Crippen LogP contribution < -0.4 is 5.32 Å². The Morgan fingerprint density at radius 3 is 3.09 bits per heavy atom. The molecule has 1 heterocycles. The van der Waals surface area contributed by atoms with E-state index in [0.29, 0.717) is 0 Å². The van der Waals surface area contributed by atoms with Crippen LogP contribution in [0.25, 0.3) is 0 Å². The summed E-state index contributed by atoms with van der Waals surface area (Å²) < 4.78 is 0. The van der Waals surface area contributed by atoms with Gasteiger partial charge in [0, 0.05) is 6.54 Å². The molecule has 2 rings (SSSR count). The molecule has 1 aliphatic carbocycles. The summed E-state index contributed by atoms with van der Waals surface area (Å²) in [5.41, 5.74) is 0.720. The lowest BCUT2D eigenvalue weighted by atomic mass is 9.67. The molecule has 0 spiro atoms. The first-order valence-corrected chi connectivity index (χ1v) is 5.08. The van der Waals surface area contributed by atoms with Crippen molar-refractivity contribution >= 4 is 0 Å². The molecule has 1 saturated carbocycles. The maximum atomic E-state index is 3.56. The van der Waals surface area contributed by atoms with Gasteiger partial charge in [-0.2, -0.15) is 0 Å². The van der Waals surface area contributed by atoms with E-state index in [1.807, 2.05) is 0 Å². The number of hydrogen-bond acceptors (Lipinski definition) is 1.